The van der Waals surface area contributed by atoms with Gasteiger partial charge in [0.2, 0.25) is 0 Å². The molecule has 3 N–H and O–H groups in total. The highest BCUT2D eigenvalue weighted by Gasteiger charge is 2.14. The third kappa shape index (κ3) is 8.58. The predicted molar refractivity (Wildman–Crippen MR) is 76.7 cm³/mol. The summed E-state index contributed by atoms with van der Waals surface area (Å²) in [5.74, 6) is -0.399. The molecular formula is C12H22N4O5. The van der Waals surface area contributed by atoms with Crippen LogP contribution in [0.25, 0.3) is 0 Å². The zero-order valence-electron chi connectivity index (χ0n) is 12.5. The SMILES string of the molecule is COC(=O)CC/C(CN(C/C(C)=N\O)C/C(C)=N/O)=N\O. The van der Waals surface area contributed by atoms with Crippen LogP contribution in [-0.2, 0) is 9.53 Å². The molecule has 9 nitrogen and oxygen atoms in total. The van der Waals surface area contributed by atoms with Crippen molar-refractivity contribution in [3.8, 4) is 0 Å². The van der Waals surface area contributed by atoms with E-state index < -0.39 is 5.97 Å². The Bertz CT molecular complexity index is 400. The molecule has 0 bridgehead atoms. The zero-order valence-corrected chi connectivity index (χ0v) is 12.5. The van der Waals surface area contributed by atoms with Crippen molar-refractivity contribution in [3.63, 3.8) is 0 Å². The minimum absolute atomic E-state index is 0.101. The van der Waals surface area contributed by atoms with Crippen molar-refractivity contribution in [1.29, 1.82) is 0 Å². The van der Waals surface area contributed by atoms with Gasteiger partial charge in [-0.3, -0.25) is 9.69 Å². The maximum absolute atomic E-state index is 11.1. The molecule has 0 aliphatic carbocycles. The van der Waals surface area contributed by atoms with Crippen LogP contribution in [0.3, 0.4) is 0 Å². The summed E-state index contributed by atoms with van der Waals surface area (Å²) in [5, 5.41) is 35.7. The van der Waals surface area contributed by atoms with Crippen LogP contribution >= 0.6 is 0 Å². The number of esters is 1. The lowest BCUT2D eigenvalue weighted by Crippen LogP contribution is -2.37. The standard InChI is InChI=1S/C12H22N4O5/c1-9(13-18)6-16(7-10(2)14-19)8-11(15-20)4-5-12(17)21-3/h18-20H,4-8H2,1-3H3/b13-9-,14-10+,15-11+. The number of methoxy groups -OCH3 is 1. The minimum Gasteiger partial charge on any atom is -0.469 e. The predicted octanol–water partition coefficient (Wildman–Crippen LogP) is 0.772. The molecule has 9 heteroatoms. The Kier molecular flexibility index (Phi) is 9.52. The molecule has 120 valence electrons. The summed E-state index contributed by atoms with van der Waals surface area (Å²) in [4.78, 5) is 12.8. The first kappa shape index (κ1) is 18.8. The summed E-state index contributed by atoms with van der Waals surface area (Å²) in [6, 6.07) is 0. The highest BCUT2D eigenvalue weighted by molar-refractivity contribution is 5.91. The Morgan fingerprint density at radius 3 is 1.86 bits per heavy atom. The molecule has 0 unspecified atom stereocenters. The van der Waals surface area contributed by atoms with Crippen molar-refractivity contribution >= 4 is 23.1 Å². The van der Waals surface area contributed by atoms with Gasteiger partial charge in [-0.25, -0.2) is 0 Å². The van der Waals surface area contributed by atoms with Crippen molar-refractivity contribution < 1.29 is 25.2 Å². The second-order valence-corrected chi connectivity index (χ2v) is 4.56. The lowest BCUT2D eigenvalue weighted by atomic mass is 10.2. The lowest BCUT2D eigenvalue weighted by molar-refractivity contribution is -0.140. The largest absolute Gasteiger partial charge is 0.469 e. The van der Waals surface area contributed by atoms with Crippen molar-refractivity contribution in [2.45, 2.75) is 26.7 Å². The molecule has 0 heterocycles. The average molecular weight is 302 g/mol. The van der Waals surface area contributed by atoms with E-state index in [1.54, 1.807) is 18.7 Å². The van der Waals surface area contributed by atoms with Crippen LogP contribution in [0.2, 0.25) is 0 Å². The number of ether oxygens (including phenoxy) is 1. The number of hydrogen-bond acceptors (Lipinski definition) is 9. The molecule has 0 aromatic heterocycles. The van der Waals surface area contributed by atoms with Gasteiger partial charge < -0.3 is 20.4 Å². The van der Waals surface area contributed by atoms with Crippen LogP contribution in [0.15, 0.2) is 15.5 Å². The molecule has 0 rings (SSSR count). The third-order valence-electron chi connectivity index (χ3n) is 2.64. The van der Waals surface area contributed by atoms with Crippen LogP contribution in [0, 0.1) is 0 Å². The molecule has 0 atom stereocenters. The minimum atomic E-state index is -0.399. The molecule has 21 heavy (non-hydrogen) atoms. The smallest absolute Gasteiger partial charge is 0.305 e. The van der Waals surface area contributed by atoms with E-state index in [0.29, 0.717) is 30.2 Å². The van der Waals surface area contributed by atoms with E-state index in [1.807, 2.05) is 0 Å². The second-order valence-electron chi connectivity index (χ2n) is 4.56. The summed E-state index contributed by atoms with van der Waals surface area (Å²) in [7, 11) is 1.28. The number of oxime groups is 3. The summed E-state index contributed by atoms with van der Waals surface area (Å²) in [6.07, 6.45) is 0.341. The van der Waals surface area contributed by atoms with Gasteiger partial charge in [0.15, 0.2) is 0 Å². The fourth-order valence-corrected chi connectivity index (χ4v) is 1.65. The van der Waals surface area contributed by atoms with Crippen LogP contribution < -0.4 is 0 Å². The summed E-state index contributed by atoms with van der Waals surface area (Å²) in [5.41, 5.74) is 1.27. The topological polar surface area (TPSA) is 127 Å². The van der Waals surface area contributed by atoms with E-state index in [2.05, 4.69) is 20.2 Å². The highest BCUT2D eigenvalue weighted by Crippen LogP contribution is 2.00. The number of rotatable bonds is 9. The fourth-order valence-electron chi connectivity index (χ4n) is 1.65. The Labute approximate surface area is 123 Å². The molecule has 0 saturated carbocycles. The van der Waals surface area contributed by atoms with Crippen LogP contribution in [0.1, 0.15) is 26.7 Å². The van der Waals surface area contributed by atoms with E-state index in [1.165, 1.54) is 7.11 Å². The molecule has 0 aliphatic heterocycles. The number of nitrogens with zero attached hydrogens (tertiary/aromatic N) is 4. The zero-order chi connectivity index (χ0) is 16.3. The maximum atomic E-state index is 11.1. The number of carbonyl (C=O) groups is 1. The summed E-state index contributed by atoms with van der Waals surface area (Å²) >= 11 is 0. The van der Waals surface area contributed by atoms with Crippen LogP contribution in [-0.4, -0.2) is 70.4 Å². The van der Waals surface area contributed by atoms with Gasteiger partial charge >= 0.3 is 5.97 Å². The average Bonchev–Trinajstić information content (AvgIpc) is 2.50. The Morgan fingerprint density at radius 1 is 0.952 bits per heavy atom. The Balaban J connectivity index is 4.71. The van der Waals surface area contributed by atoms with E-state index in [0.717, 1.165) is 0 Å². The molecule has 0 amide bonds. The maximum Gasteiger partial charge on any atom is 0.305 e. The monoisotopic (exact) mass is 302 g/mol. The van der Waals surface area contributed by atoms with Gasteiger partial charge in [0.25, 0.3) is 0 Å². The molecule has 0 aromatic rings. The van der Waals surface area contributed by atoms with Gasteiger partial charge in [0.1, 0.15) is 0 Å². The van der Waals surface area contributed by atoms with Crippen LogP contribution in [0.4, 0.5) is 0 Å². The highest BCUT2D eigenvalue weighted by atomic mass is 16.5. The fraction of sp³-hybridized carbons (Fsp3) is 0.667. The Hall–Kier alpha value is -2.16. The van der Waals surface area contributed by atoms with Gasteiger partial charge in [0.05, 0.1) is 30.7 Å². The van der Waals surface area contributed by atoms with Gasteiger partial charge in [-0.1, -0.05) is 15.5 Å². The molecule has 0 spiro atoms. The first-order valence-corrected chi connectivity index (χ1v) is 6.30. The quantitative estimate of drug-likeness (QED) is 0.250. The molecule has 0 saturated heterocycles. The Morgan fingerprint density at radius 2 is 1.48 bits per heavy atom. The number of carbonyl (C=O) groups excluding carboxylic acids is 1. The molecule has 0 aromatic carbocycles. The van der Waals surface area contributed by atoms with Gasteiger partial charge in [-0.2, -0.15) is 0 Å². The molecule has 0 radical (unpaired) electrons. The molecule has 0 aliphatic rings. The first-order valence-electron chi connectivity index (χ1n) is 6.30. The third-order valence-corrected chi connectivity index (χ3v) is 2.64. The molecular weight excluding hydrogens is 280 g/mol. The molecule has 0 fully saturated rings. The lowest BCUT2D eigenvalue weighted by Gasteiger charge is -2.21. The normalized spacial score (nSPS) is 13.6. The van der Waals surface area contributed by atoms with E-state index >= 15 is 0 Å². The number of hydrogen-bond donors (Lipinski definition) is 3. The van der Waals surface area contributed by atoms with E-state index in [4.69, 9.17) is 15.6 Å². The van der Waals surface area contributed by atoms with E-state index in [9.17, 15) is 4.79 Å². The van der Waals surface area contributed by atoms with Crippen LogP contribution in [0.5, 0.6) is 0 Å². The van der Waals surface area contributed by atoms with E-state index in [-0.39, 0.29) is 19.4 Å². The first-order chi connectivity index (χ1) is 9.96. The van der Waals surface area contributed by atoms with Gasteiger partial charge in [-0.15, -0.1) is 0 Å². The second kappa shape index (κ2) is 10.6. The van der Waals surface area contributed by atoms with Gasteiger partial charge in [0, 0.05) is 26.1 Å². The van der Waals surface area contributed by atoms with Crippen molar-refractivity contribution in [1.82, 2.24) is 4.90 Å². The van der Waals surface area contributed by atoms with Crippen molar-refractivity contribution in [3.05, 3.63) is 0 Å². The van der Waals surface area contributed by atoms with Crippen molar-refractivity contribution in [2.75, 3.05) is 26.7 Å². The van der Waals surface area contributed by atoms with Crippen molar-refractivity contribution in [2.24, 2.45) is 15.5 Å². The summed E-state index contributed by atoms with van der Waals surface area (Å²) < 4.78 is 4.52. The van der Waals surface area contributed by atoms with Gasteiger partial charge in [-0.05, 0) is 13.8 Å². The summed E-state index contributed by atoms with van der Waals surface area (Å²) in [6.45, 7) is 4.07.